The van der Waals surface area contributed by atoms with Crippen molar-refractivity contribution >= 4 is 5.82 Å². The van der Waals surface area contributed by atoms with Crippen molar-refractivity contribution in [3.63, 3.8) is 0 Å². The lowest BCUT2D eigenvalue weighted by molar-refractivity contribution is 0.705. The van der Waals surface area contributed by atoms with Crippen LogP contribution in [0.4, 0.5) is 5.82 Å². The van der Waals surface area contributed by atoms with Crippen molar-refractivity contribution in [2.45, 2.75) is 32.6 Å². The van der Waals surface area contributed by atoms with Crippen LogP contribution in [0.1, 0.15) is 31.9 Å². The van der Waals surface area contributed by atoms with E-state index in [-0.39, 0.29) is 0 Å². The quantitative estimate of drug-likeness (QED) is 0.638. The van der Waals surface area contributed by atoms with Crippen LogP contribution in [0.3, 0.4) is 0 Å². The maximum absolute atomic E-state index is 5.52. The third kappa shape index (κ3) is 2.22. The second-order valence-corrected chi connectivity index (χ2v) is 2.63. The van der Waals surface area contributed by atoms with Crippen molar-refractivity contribution in [3.8, 4) is 0 Å². The van der Waals surface area contributed by atoms with Crippen molar-refractivity contribution in [2.75, 3.05) is 5.73 Å². The molecule has 0 aliphatic carbocycles. The third-order valence-corrected chi connectivity index (χ3v) is 1.68. The number of nitrogens with two attached hydrogens (primary N) is 1. The monoisotopic (exact) mass is 154 g/mol. The van der Waals surface area contributed by atoms with Crippen molar-refractivity contribution in [1.29, 1.82) is 0 Å². The Labute approximate surface area is 66.2 Å². The number of aromatic amines is 1. The molecule has 11 heavy (non-hydrogen) atoms. The van der Waals surface area contributed by atoms with Gasteiger partial charge in [0.05, 0.1) is 5.69 Å². The predicted octanol–water partition coefficient (Wildman–Crippen LogP) is 1.12. The summed E-state index contributed by atoms with van der Waals surface area (Å²) < 4.78 is 0. The van der Waals surface area contributed by atoms with Gasteiger partial charge >= 0.3 is 0 Å². The van der Waals surface area contributed by atoms with Gasteiger partial charge in [0.15, 0.2) is 5.82 Å². The summed E-state index contributed by atoms with van der Waals surface area (Å²) in [6.45, 7) is 2.18. The third-order valence-electron chi connectivity index (χ3n) is 1.68. The molecule has 3 N–H and O–H groups in total. The summed E-state index contributed by atoms with van der Waals surface area (Å²) >= 11 is 0. The Hall–Kier alpha value is -1.06. The van der Waals surface area contributed by atoms with Gasteiger partial charge < -0.3 is 5.73 Å². The van der Waals surface area contributed by atoms with E-state index in [1.807, 2.05) is 0 Å². The van der Waals surface area contributed by atoms with E-state index in [1.165, 1.54) is 12.8 Å². The number of anilines is 1. The zero-order chi connectivity index (χ0) is 8.10. The van der Waals surface area contributed by atoms with Crippen LogP contribution < -0.4 is 5.73 Å². The number of aromatic nitrogens is 3. The molecule has 4 heteroatoms. The Kier molecular flexibility index (Phi) is 2.89. The topological polar surface area (TPSA) is 67.6 Å². The number of aryl methyl sites for hydroxylation is 1. The van der Waals surface area contributed by atoms with Crippen LogP contribution in [0.5, 0.6) is 0 Å². The molecule has 1 rings (SSSR count). The Morgan fingerprint density at radius 2 is 2.27 bits per heavy atom. The van der Waals surface area contributed by atoms with Gasteiger partial charge in [0.2, 0.25) is 0 Å². The zero-order valence-electron chi connectivity index (χ0n) is 6.80. The minimum atomic E-state index is 0.543. The molecule has 0 amide bonds. The maximum Gasteiger partial charge on any atom is 0.168 e. The molecule has 4 nitrogen and oxygen atoms in total. The summed E-state index contributed by atoms with van der Waals surface area (Å²) in [5.74, 6) is 0.543. The molecule has 0 fully saturated rings. The van der Waals surface area contributed by atoms with Crippen LogP contribution in [0, 0.1) is 0 Å². The molecule has 0 saturated heterocycles. The number of nitrogens with zero attached hydrogens (tertiary/aromatic N) is 2. The van der Waals surface area contributed by atoms with Crippen molar-refractivity contribution < 1.29 is 0 Å². The molecule has 0 radical (unpaired) electrons. The number of H-pyrrole nitrogens is 1. The highest BCUT2D eigenvalue weighted by Gasteiger charge is 2.00. The number of nitrogens with one attached hydrogen (secondary N) is 1. The minimum Gasteiger partial charge on any atom is -0.381 e. The highest BCUT2D eigenvalue weighted by molar-refractivity contribution is 5.31. The highest BCUT2D eigenvalue weighted by atomic mass is 15.3. The number of rotatable bonds is 4. The van der Waals surface area contributed by atoms with E-state index in [1.54, 1.807) is 0 Å². The smallest absolute Gasteiger partial charge is 0.168 e. The standard InChI is InChI=1S/C7H14N4/c1-2-3-4-5-6-7(8)10-11-9-6/h2-5H2,1H3,(H3,8,9,10,11). The van der Waals surface area contributed by atoms with Gasteiger partial charge in [0.25, 0.3) is 0 Å². The molecule has 0 atom stereocenters. The number of unbranched alkanes of at least 4 members (excludes halogenated alkanes) is 2. The molecule has 0 bridgehead atoms. The Morgan fingerprint density at radius 1 is 1.45 bits per heavy atom. The lowest BCUT2D eigenvalue weighted by atomic mass is 10.2. The number of hydrogen-bond acceptors (Lipinski definition) is 3. The summed E-state index contributed by atoms with van der Waals surface area (Å²) in [7, 11) is 0. The summed E-state index contributed by atoms with van der Waals surface area (Å²) in [6.07, 6.45) is 4.58. The minimum absolute atomic E-state index is 0.543. The molecule has 1 aromatic rings. The first kappa shape index (κ1) is 8.04. The van der Waals surface area contributed by atoms with E-state index in [2.05, 4.69) is 22.3 Å². The van der Waals surface area contributed by atoms with Gasteiger partial charge in [-0.05, 0) is 12.8 Å². The number of hydrogen-bond donors (Lipinski definition) is 2. The van der Waals surface area contributed by atoms with Crippen LogP contribution in [0.15, 0.2) is 0 Å². The summed E-state index contributed by atoms with van der Waals surface area (Å²) in [6, 6.07) is 0. The molecule has 0 saturated carbocycles. The molecular weight excluding hydrogens is 140 g/mol. The Balaban J connectivity index is 2.32. The SMILES string of the molecule is CCCCCc1[nH]nnc1N. The number of nitrogen functional groups attached to an aromatic ring is 1. The lowest BCUT2D eigenvalue weighted by Gasteiger charge is -1.95. The molecule has 1 aromatic heterocycles. The van der Waals surface area contributed by atoms with Crippen LogP contribution in [0.25, 0.3) is 0 Å². The van der Waals surface area contributed by atoms with Gasteiger partial charge in [0, 0.05) is 0 Å². The second-order valence-electron chi connectivity index (χ2n) is 2.63. The fourth-order valence-electron chi connectivity index (χ4n) is 0.993. The van der Waals surface area contributed by atoms with Crippen LogP contribution in [-0.4, -0.2) is 15.4 Å². The Morgan fingerprint density at radius 3 is 2.82 bits per heavy atom. The van der Waals surface area contributed by atoms with Crippen LogP contribution in [-0.2, 0) is 6.42 Å². The first-order valence-electron chi connectivity index (χ1n) is 4.00. The summed E-state index contributed by atoms with van der Waals surface area (Å²) in [5.41, 5.74) is 6.49. The van der Waals surface area contributed by atoms with Crippen molar-refractivity contribution in [2.24, 2.45) is 0 Å². The summed E-state index contributed by atoms with van der Waals surface area (Å²) in [5, 5.41) is 10.0. The van der Waals surface area contributed by atoms with E-state index >= 15 is 0 Å². The predicted molar refractivity (Wildman–Crippen MR) is 44.0 cm³/mol. The molecule has 0 aliphatic heterocycles. The molecule has 0 aromatic carbocycles. The van der Waals surface area contributed by atoms with E-state index in [4.69, 9.17) is 5.73 Å². The van der Waals surface area contributed by atoms with Gasteiger partial charge in [-0.1, -0.05) is 25.0 Å². The average Bonchev–Trinajstić information content (AvgIpc) is 2.37. The molecule has 0 spiro atoms. The summed E-state index contributed by atoms with van der Waals surface area (Å²) in [4.78, 5) is 0. The lowest BCUT2D eigenvalue weighted by Crippen LogP contribution is -1.93. The Bertz CT molecular complexity index is 206. The molecule has 0 unspecified atom stereocenters. The fourth-order valence-corrected chi connectivity index (χ4v) is 0.993. The van der Waals surface area contributed by atoms with Crippen molar-refractivity contribution in [1.82, 2.24) is 15.4 Å². The largest absolute Gasteiger partial charge is 0.381 e. The second kappa shape index (κ2) is 3.95. The van der Waals surface area contributed by atoms with E-state index < -0.39 is 0 Å². The highest BCUT2D eigenvalue weighted by Crippen LogP contribution is 2.07. The molecular formula is C7H14N4. The normalized spacial score (nSPS) is 10.3. The fraction of sp³-hybridized carbons (Fsp3) is 0.714. The first-order chi connectivity index (χ1) is 5.34. The van der Waals surface area contributed by atoms with Gasteiger partial charge in [-0.3, -0.25) is 5.10 Å². The average molecular weight is 154 g/mol. The van der Waals surface area contributed by atoms with Gasteiger partial charge in [-0.15, -0.1) is 5.10 Å². The zero-order valence-corrected chi connectivity index (χ0v) is 6.80. The first-order valence-corrected chi connectivity index (χ1v) is 4.00. The van der Waals surface area contributed by atoms with Crippen molar-refractivity contribution in [3.05, 3.63) is 5.69 Å². The van der Waals surface area contributed by atoms with Crippen LogP contribution in [0.2, 0.25) is 0 Å². The molecule has 0 aliphatic rings. The van der Waals surface area contributed by atoms with E-state index in [0.29, 0.717) is 5.82 Å². The van der Waals surface area contributed by atoms with E-state index in [0.717, 1.165) is 18.5 Å². The van der Waals surface area contributed by atoms with Gasteiger partial charge in [0.1, 0.15) is 0 Å². The van der Waals surface area contributed by atoms with Gasteiger partial charge in [-0.2, -0.15) is 0 Å². The molecule has 62 valence electrons. The molecule has 1 heterocycles. The maximum atomic E-state index is 5.52. The van der Waals surface area contributed by atoms with E-state index in [9.17, 15) is 0 Å². The van der Waals surface area contributed by atoms with Gasteiger partial charge in [-0.25, -0.2) is 0 Å². The van der Waals surface area contributed by atoms with Crippen LogP contribution >= 0.6 is 0 Å².